The summed E-state index contributed by atoms with van der Waals surface area (Å²) in [4.78, 5) is 0. The van der Waals surface area contributed by atoms with Crippen molar-refractivity contribution in [3.05, 3.63) is 47.5 Å². The monoisotopic (exact) mass is 211 g/mol. The zero-order valence-corrected chi connectivity index (χ0v) is 9.83. The first kappa shape index (κ1) is 9.86. The van der Waals surface area contributed by atoms with E-state index < -0.39 is 0 Å². The summed E-state index contributed by atoms with van der Waals surface area (Å²) in [7, 11) is 0. The summed E-state index contributed by atoms with van der Waals surface area (Å²) in [5.74, 6) is 0.767. The highest BCUT2D eigenvalue weighted by Gasteiger charge is 2.27. The third-order valence-corrected chi connectivity index (χ3v) is 3.61. The van der Waals surface area contributed by atoms with E-state index in [1.54, 1.807) is 0 Å². The Hall–Kier alpha value is -1.34. The third-order valence-electron chi connectivity index (χ3n) is 3.61. The number of nitrogens with one attached hydrogen (secondary N) is 1. The molecular weight excluding hydrogens is 194 g/mol. The molecule has 2 atom stereocenters. The van der Waals surface area contributed by atoms with Crippen LogP contribution in [0.1, 0.15) is 24.1 Å². The quantitative estimate of drug-likeness (QED) is 0.762. The Morgan fingerprint density at radius 1 is 1.06 bits per heavy atom. The Bertz CT molecular complexity index is 530. The van der Waals surface area contributed by atoms with Crippen LogP contribution < -0.4 is 5.32 Å². The van der Waals surface area contributed by atoms with Crippen LogP contribution in [0, 0.1) is 12.8 Å². The lowest BCUT2D eigenvalue weighted by atomic mass is 9.87. The fraction of sp³-hybridized carbons (Fsp3) is 0.333. The van der Waals surface area contributed by atoms with Gasteiger partial charge in [-0.25, -0.2) is 0 Å². The lowest BCUT2D eigenvalue weighted by Gasteiger charge is -2.36. The molecule has 1 nitrogen and oxygen atoms in total. The van der Waals surface area contributed by atoms with Crippen LogP contribution in [0.5, 0.6) is 0 Å². The van der Waals surface area contributed by atoms with Gasteiger partial charge in [0.05, 0.1) is 0 Å². The van der Waals surface area contributed by atoms with E-state index in [4.69, 9.17) is 0 Å². The van der Waals surface area contributed by atoms with E-state index in [2.05, 4.69) is 55.6 Å². The second-order valence-corrected chi connectivity index (χ2v) is 4.97. The number of aryl methyl sites for hydroxylation is 1. The molecule has 1 saturated heterocycles. The van der Waals surface area contributed by atoms with Crippen LogP contribution in [0.3, 0.4) is 0 Å². The molecule has 3 rings (SSSR count). The molecule has 0 spiro atoms. The molecule has 2 unspecified atom stereocenters. The minimum Gasteiger partial charge on any atom is -0.309 e. The van der Waals surface area contributed by atoms with Crippen LogP contribution in [0.15, 0.2) is 36.4 Å². The van der Waals surface area contributed by atoms with Crippen molar-refractivity contribution in [1.82, 2.24) is 5.32 Å². The second kappa shape index (κ2) is 3.60. The van der Waals surface area contributed by atoms with E-state index in [0.29, 0.717) is 6.04 Å². The average molecular weight is 211 g/mol. The Morgan fingerprint density at radius 2 is 1.81 bits per heavy atom. The Labute approximate surface area is 96.5 Å². The molecule has 1 fully saturated rings. The van der Waals surface area contributed by atoms with Crippen LogP contribution in [0.25, 0.3) is 10.8 Å². The maximum absolute atomic E-state index is 3.49. The van der Waals surface area contributed by atoms with Crippen LogP contribution in [0.2, 0.25) is 0 Å². The lowest BCUT2D eigenvalue weighted by Crippen LogP contribution is -2.43. The van der Waals surface area contributed by atoms with Gasteiger partial charge in [0.1, 0.15) is 0 Å². The molecule has 0 amide bonds. The highest BCUT2D eigenvalue weighted by atomic mass is 15.0. The van der Waals surface area contributed by atoms with Gasteiger partial charge in [0, 0.05) is 12.6 Å². The summed E-state index contributed by atoms with van der Waals surface area (Å²) < 4.78 is 0. The zero-order valence-electron chi connectivity index (χ0n) is 9.83. The minimum atomic E-state index is 0.561. The highest BCUT2D eigenvalue weighted by molar-refractivity contribution is 5.83. The summed E-state index contributed by atoms with van der Waals surface area (Å²) in [6, 6.07) is 14.0. The average Bonchev–Trinajstić information content (AvgIpc) is 2.27. The van der Waals surface area contributed by atoms with E-state index >= 15 is 0 Å². The molecule has 1 aliphatic rings. The molecule has 16 heavy (non-hydrogen) atoms. The van der Waals surface area contributed by atoms with E-state index in [0.717, 1.165) is 12.5 Å². The smallest absolute Gasteiger partial charge is 0.0358 e. The normalized spacial score (nSPS) is 24.4. The van der Waals surface area contributed by atoms with Crippen molar-refractivity contribution < 1.29 is 0 Å². The molecule has 0 bridgehead atoms. The van der Waals surface area contributed by atoms with E-state index in [1.165, 1.54) is 21.9 Å². The molecule has 1 heteroatoms. The molecule has 1 N–H and O–H groups in total. The van der Waals surface area contributed by atoms with Crippen molar-refractivity contribution >= 4 is 10.8 Å². The van der Waals surface area contributed by atoms with Crippen molar-refractivity contribution in [1.29, 1.82) is 0 Å². The number of rotatable bonds is 1. The molecule has 1 aliphatic heterocycles. The van der Waals surface area contributed by atoms with Gasteiger partial charge in [-0.2, -0.15) is 0 Å². The molecule has 2 aromatic carbocycles. The summed E-state index contributed by atoms with van der Waals surface area (Å²) in [6.07, 6.45) is 0. The standard InChI is InChI=1S/C15H17N/c1-10-3-4-13-8-14(6-5-12(13)7-10)15-11(2)9-16-15/h3-8,11,15-16H,9H2,1-2H3. The first-order valence-corrected chi connectivity index (χ1v) is 5.98. The van der Waals surface area contributed by atoms with E-state index in [1.807, 2.05) is 0 Å². The van der Waals surface area contributed by atoms with Crippen LogP contribution in [-0.4, -0.2) is 6.54 Å². The van der Waals surface area contributed by atoms with Crippen molar-refractivity contribution in [2.24, 2.45) is 5.92 Å². The summed E-state index contributed by atoms with van der Waals surface area (Å²) >= 11 is 0. The van der Waals surface area contributed by atoms with E-state index in [-0.39, 0.29) is 0 Å². The van der Waals surface area contributed by atoms with Gasteiger partial charge in [-0.1, -0.05) is 42.8 Å². The van der Waals surface area contributed by atoms with Gasteiger partial charge in [-0.05, 0) is 35.2 Å². The van der Waals surface area contributed by atoms with Gasteiger partial charge in [-0.3, -0.25) is 0 Å². The first-order chi connectivity index (χ1) is 7.74. The van der Waals surface area contributed by atoms with Crippen molar-refractivity contribution in [2.75, 3.05) is 6.54 Å². The van der Waals surface area contributed by atoms with Gasteiger partial charge in [0.25, 0.3) is 0 Å². The topological polar surface area (TPSA) is 12.0 Å². The molecule has 2 aromatic rings. The Balaban J connectivity index is 2.06. The minimum absolute atomic E-state index is 0.561. The molecular formula is C15H17N. The molecule has 0 radical (unpaired) electrons. The lowest BCUT2D eigenvalue weighted by molar-refractivity contribution is 0.258. The van der Waals surface area contributed by atoms with Crippen LogP contribution in [-0.2, 0) is 0 Å². The van der Waals surface area contributed by atoms with Crippen molar-refractivity contribution in [3.63, 3.8) is 0 Å². The van der Waals surface area contributed by atoms with Gasteiger partial charge in [0.2, 0.25) is 0 Å². The first-order valence-electron chi connectivity index (χ1n) is 5.98. The Kier molecular flexibility index (Phi) is 2.22. The highest BCUT2D eigenvalue weighted by Crippen LogP contribution is 2.30. The summed E-state index contributed by atoms with van der Waals surface area (Å²) in [5.41, 5.74) is 2.76. The maximum atomic E-state index is 3.49. The number of fused-ring (bicyclic) bond motifs is 1. The zero-order chi connectivity index (χ0) is 11.1. The predicted octanol–water partition coefficient (Wildman–Crippen LogP) is 3.43. The van der Waals surface area contributed by atoms with Gasteiger partial charge >= 0.3 is 0 Å². The number of benzene rings is 2. The van der Waals surface area contributed by atoms with Crippen LogP contribution in [0.4, 0.5) is 0 Å². The Morgan fingerprint density at radius 3 is 2.50 bits per heavy atom. The largest absolute Gasteiger partial charge is 0.309 e. The fourth-order valence-corrected chi connectivity index (χ4v) is 2.49. The molecule has 0 aliphatic carbocycles. The predicted molar refractivity (Wildman–Crippen MR) is 68.6 cm³/mol. The molecule has 0 aromatic heterocycles. The maximum Gasteiger partial charge on any atom is 0.0358 e. The number of hydrogen-bond acceptors (Lipinski definition) is 1. The SMILES string of the molecule is Cc1ccc2cc(C3NCC3C)ccc2c1. The molecule has 1 heterocycles. The summed E-state index contributed by atoms with van der Waals surface area (Å²) in [6.45, 7) is 5.60. The molecule has 0 saturated carbocycles. The second-order valence-electron chi connectivity index (χ2n) is 4.97. The van der Waals surface area contributed by atoms with Crippen molar-refractivity contribution in [2.45, 2.75) is 19.9 Å². The molecule has 82 valence electrons. The van der Waals surface area contributed by atoms with E-state index in [9.17, 15) is 0 Å². The van der Waals surface area contributed by atoms with Gasteiger partial charge in [0.15, 0.2) is 0 Å². The van der Waals surface area contributed by atoms with Gasteiger partial charge in [-0.15, -0.1) is 0 Å². The third kappa shape index (κ3) is 1.52. The van der Waals surface area contributed by atoms with Crippen LogP contribution >= 0.6 is 0 Å². The van der Waals surface area contributed by atoms with Gasteiger partial charge < -0.3 is 5.32 Å². The number of hydrogen-bond donors (Lipinski definition) is 1. The van der Waals surface area contributed by atoms with Crippen molar-refractivity contribution in [3.8, 4) is 0 Å². The fourth-order valence-electron chi connectivity index (χ4n) is 2.49. The summed E-state index contributed by atoms with van der Waals surface area (Å²) in [5, 5.41) is 6.18.